The summed E-state index contributed by atoms with van der Waals surface area (Å²) in [5.41, 5.74) is 20.1. The number of methoxy groups -OCH3 is 8. The maximum atomic E-state index is 5.73. The van der Waals surface area contributed by atoms with Gasteiger partial charge in [-0.2, -0.15) is 0 Å². The maximum Gasteiger partial charge on any atom is 0.164 e. The van der Waals surface area contributed by atoms with Crippen LogP contribution in [0.5, 0.6) is 46.0 Å². The van der Waals surface area contributed by atoms with Gasteiger partial charge in [-0.05, 0) is 235 Å². The van der Waals surface area contributed by atoms with Gasteiger partial charge in [0.2, 0.25) is 0 Å². The van der Waals surface area contributed by atoms with Crippen LogP contribution in [0.2, 0.25) is 0 Å². The van der Waals surface area contributed by atoms with Crippen molar-refractivity contribution in [2.45, 2.75) is 0 Å². The van der Waals surface area contributed by atoms with Crippen molar-refractivity contribution in [1.82, 2.24) is 39.9 Å². The Kier molecular flexibility index (Phi) is 16.3. The topological polar surface area (TPSA) is 183 Å². The average Bonchev–Trinajstić information content (AvgIpc) is 1.58. The van der Waals surface area contributed by atoms with Gasteiger partial charge in [-0.25, -0.2) is 29.9 Å². The van der Waals surface area contributed by atoms with Crippen LogP contribution in [0.1, 0.15) is 0 Å². The van der Waals surface area contributed by atoms with Gasteiger partial charge in [0, 0.05) is 43.8 Å². The van der Waals surface area contributed by atoms with Gasteiger partial charge in [0.25, 0.3) is 0 Å². The number of ether oxygens (including phenoxy) is 8. The predicted molar refractivity (Wildman–Crippen MR) is 412 cm³/mol. The van der Waals surface area contributed by atoms with Crippen LogP contribution in [0.4, 0.5) is 0 Å². The zero-order valence-corrected chi connectivity index (χ0v) is 58.0. The van der Waals surface area contributed by atoms with Gasteiger partial charge in [0.05, 0.1) is 56.9 Å². The molecule has 5 heterocycles. The number of nitrogens with one attached hydrogen (secondary N) is 2. The van der Waals surface area contributed by atoms with Crippen molar-refractivity contribution in [1.29, 1.82) is 0 Å². The normalized spacial score (nSPS) is 11.5. The van der Waals surface area contributed by atoms with Gasteiger partial charge >= 0.3 is 0 Å². The fraction of sp³-hybridized carbons (Fsp3) is 0.0909. The van der Waals surface area contributed by atoms with Crippen molar-refractivity contribution in [2.75, 3.05) is 56.9 Å². The molecule has 506 valence electrons. The van der Waals surface area contributed by atoms with Crippen LogP contribution in [0, 0.1) is 0 Å². The number of H-pyrrole nitrogens is 2. The highest BCUT2D eigenvalue weighted by Crippen LogP contribution is 2.49. The summed E-state index contributed by atoms with van der Waals surface area (Å²) in [6.07, 6.45) is 0. The van der Waals surface area contributed by atoms with Crippen LogP contribution >= 0.6 is 0 Å². The second-order valence-corrected chi connectivity index (χ2v) is 25.2. The van der Waals surface area contributed by atoms with Gasteiger partial charge in [-0.15, -0.1) is 0 Å². The highest BCUT2D eigenvalue weighted by atomic mass is 16.5. The van der Waals surface area contributed by atoms with E-state index in [1.165, 1.54) is 0 Å². The zero-order valence-electron chi connectivity index (χ0n) is 58.0. The zero-order chi connectivity index (χ0) is 70.7. The molecule has 8 bridgehead atoms. The molecule has 0 atom stereocenters. The summed E-state index contributed by atoms with van der Waals surface area (Å²) >= 11 is 0. The number of hydrogen-bond donors (Lipinski definition) is 2. The van der Waals surface area contributed by atoms with Crippen molar-refractivity contribution >= 4 is 44.1 Å². The average molecular weight is 1360 g/mol. The van der Waals surface area contributed by atoms with E-state index < -0.39 is 0 Å². The Hall–Kier alpha value is -13.6. The molecule has 2 N–H and O–H groups in total. The van der Waals surface area contributed by atoms with Crippen molar-refractivity contribution < 1.29 is 37.9 Å². The van der Waals surface area contributed by atoms with E-state index in [1.807, 2.05) is 97.1 Å². The van der Waals surface area contributed by atoms with Crippen LogP contribution in [0.3, 0.4) is 0 Å². The molecule has 104 heavy (non-hydrogen) atoms. The fourth-order valence-electron chi connectivity index (χ4n) is 14.1. The first kappa shape index (κ1) is 63.8. The largest absolute Gasteiger partial charge is 0.497 e. The second-order valence-electron chi connectivity index (χ2n) is 25.2. The lowest BCUT2D eigenvalue weighted by Gasteiger charge is -2.14. The second kappa shape index (κ2) is 26.5. The minimum absolute atomic E-state index is 0.415. The molecule has 0 saturated carbocycles. The van der Waals surface area contributed by atoms with Gasteiger partial charge in [-0.3, -0.25) is 0 Å². The first-order valence-corrected chi connectivity index (χ1v) is 33.8. The number of rotatable bonds is 16. The molecule has 0 unspecified atom stereocenters. The number of aromatic amines is 2. The molecular formula is C88H66N8O8. The Morgan fingerprint density at radius 1 is 0.173 bits per heavy atom. The summed E-state index contributed by atoms with van der Waals surface area (Å²) in [7, 11) is 13.4. The van der Waals surface area contributed by atoms with Crippen molar-refractivity contribution in [3.05, 3.63) is 243 Å². The Morgan fingerprint density at radius 2 is 0.317 bits per heavy atom. The Morgan fingerprint density at radius 3 is 0.462 bits per heavy atom. The van der Waals surface area contributed by atoms with E-state index in [9.17, 15) is 0 Å². The van der Waals surface area contributed by atoms with Crippen LogP contribution in [0.25, 0.3) is 179 Å². The molecule has 16 nitrogen and oxygen atoms in total. The fourth-order valence-corrected chi connectivity index (χ4v) is 14.1. The van der Waals surface area contributed by atoms with E-state index in [2.05, 4.69) is 156 Å². The molecule has 0 amide bonds. The Labute approximate surface area is 598 Å². The lowest BCUT2D eigenvalue weighted by atomic mass is 9.90. The molecule has 0 fully saturated rings. The molecule has 12 aromatic carbocycles. The van der Waals surface area contributed by atoms with Gasteiger partial charge in [-0.1, -0.05) is 97.1 Å². The monoisotopic (exact) mass is 1360 g/mol. The molecule has 0 radical (unpaired) electrons. The first-order valence-electron chi connectivity index (χ1n) is 33.8. The molecule has 2 aliphatic rings. The summed E-state index contributed by atoms with van der Waals surface area (Å²) in [6, 6.07) is 82.2. The molecule has 0 saturated heterocycles. The molecular weight excluding hydrogens is 1300 g/mol. The molecule has 15 aromatic rings. The Balaban J connectivity index is 1.04. The summed E-state index contributed by atoms with van der Waals surface area (Å²) in [6.45, 7) is 0. The standard InChI is InChI=1S/C88H66N8O8/c1-97-57-25-9-49(10-26-57)65-41-73-74(42-66(65)50-11-27-58(98-2)28-12-50)82-89-81(73)93-83-75-43-67(51-13-29-59(99-3)30-14-51)68(52-15-31-60(100-4)32-16-52)44-76(75)85(90-83)95-87-79-47-71(55-21-37-63(103-7)38-22-55)72(56-23-39-64(104-8)40-24-56)48-80(79)88(92-87)96-86-78-46-70(54-19-35-62(102-6)36-20-54)69(45-77(78)84(91-86)94-82)53-17-33-61(101-5)34-18-53/h9-48H,1-8H3,(H2,89,90,91,92,93,94,95,96). The third kappa shape index (κ3) is 11.5. The van der Waals surface area contributed by atoms with Crippen LogP contribution in [0.15, 0.2) is 243 Å². The van der Waals surface area contributed by atoms with Crippen LogP contribution in [-0.4, -0.2) is 96.8 Å². The first-order chi connectivity index (χ1) is 51.1. The van der Waals surface area contributed by atoms with Gasteiger partial charge < -0.3 is 47.9 Å². The maximum absolute atomic E-state index is 5.73. The van der Waals surface area contributed by atoms with E-state index in [-0.39, 0.29) is 0 Å². The number of hydrogen-bond acceptors (Lipinski definition) is 14. The summed E-state index contributed by atoms with van der Waals surface area (Å²) in [5.74, 6) is 7.50. The van der Waals surface area contributed by atoms with Gasteiger partial charge in [0.15, 0.2) is 23.3 Å². The van der Waals surface area contributed by atoms with Crippen LogP contribution in [-0.2, 0) is 0 Å². The summed E-state index contributed by atoms with van der Waals surface area (Å²) < 4.78 is 45.7. The molecule has 3 aromatic heterocycles. The molecule has 0 spiro atoms. The summed E-state index contributed by atoms with van der Waals surface area (Å²) in [5, 5.41) is 3.10. The molecule has 16 heteroatoms. The van der Waals surface area contributed by atoms with Crippen molar-refractivity contribution in [3.8, 4) is 181 Å². The minimum atomic E-state index is 0.415. The lowest BCUT2D eigenvalue weighted by Crippen LogP contribution is -1.91. The Bertz CT molecular complexity index is 5290. The predicted octanol–water partition coefficient (Wildman–Crippen LogP) is 20.3. The van der Waals surface area contributed by atoms with Crippen LogP contribution < -0.4 is 37.9 Å². The highest BCUT2D eigenvalue weighted by Gasteiger charge is 2.29. The highest BCUT2D eigenvalue weighted by molar-refractivity contribution is 6.12. The molecule has 17 rings (SSSR count). The SMILES string of the molecule is COc1ccc(-c2cc3c(cc2-c2ccc(OC)cc2)-c2nc-3nc3[nH]c(nc4nc(nc5[nH]c(n2)c2cc(-c6ccc(OC)cc6)c(-c6ccc(OC)cc6)cc52)-c2cc(-c5ccc(OC)cc5)c(-c5ccc(OC)cc5)cc2-4)c2cc(-c4ccc(OC)cc4)c(-c4ccc(OC)cc4)cc32)cc1. The molecule has 0 aliphatic carbocycles. The quantitative estimate of drug-likeness (QED) is 0.0932. The summed E-state index contributed by atoms with van der Waals surface area (Å²) in [4.78, 5) is 41.7. The van der Waals surface area contributed by atoms with Crippen molar-refractivity contribution in [3.63, 3.8) is 0 Å². The molecule has 2 aliphatic heterocycles. The van der Waals surface area contributed by atoms with Crippen molar-refractivity contribution in [2.24, 2.45) is 0 Å². The number of fused-ring (bicyclic) bond motifs is 20. The number of nitrogens with zero attached hydrogens (tertiary/aromatic N) is 6. The van der Waals surface area contributed by atoms with E-state index in [4.69, 9.17) is 67.8 Å². The third-order valence-corrected chi connectivity index (χ3v) is 19.6. The van der Waals surface area contributed by atoms with E-state index in [0.717, 1.165) is 179 Å². The van der Waals surface area contributed by atoms with E-state index in [0.29, 0.717) is 45.9 Å². The number of aromatic nitrogens is 8. The van der Waals surface area contributed by atoms with Gasteiger partial charge in [0.1, 0.15) is 68.6 Å². The third-order valence-electron chi connectivity index (χ3n) is 19.6. The van der Waals surface area contributed by atoms with E-state index in [1.54, 1.807) is 56.9 Å². The lowest BCUT2D eigenvalue weighted by molar-refractivity contribution is 0.414. The van der Waals surface area contributed by atoms with E-state index >= 15 is 0 Å². The smallest absolute Gasteiger partial charge is 0.164 e. The number of benzene rings is 12. The minimum Gasteiger partial charge on any atom is -0.497 e.